The average molecular weight is 274 g/mol. The number of nitrogens with one attached hydrogen (secondary N) is 1. The van der Waals surface area contributed by atoms with Crippen molar-refractivity contribution in [2.45, 2.75) is 44.6 Å². The molecule has 0 aromatic rings. The predicted octanol–water partition coefficient (Wildman–Crippen LogP) is 0.853. The Hall–Kier alpha value is -1.13. The molecule has 2 N–H and O–H groups in total. The lowest BCUT2D eigenvalue weighted by atomic mass is 9.87. The minimum Gasteiger partial charge on any atom is -0.481 e. The summed E-state index contributed by atoms with van der Waals surface area (Å²) < 4.78 is 25.9. The van der Waals surface area contributed by atoms with Crippen LogP contribution in [-0.2, 0) is 14.8 Å². The number of sulfonamides is 1. The van der Waals surface area contributed by atoms with E-state index < -0.39 is 16.0 Å². The standard InChI is InChI=1S/C11H18N2O4S/c12-7-1-2-8-18(16,17)13-10-5-3-9(4-6-10)11(14)15/h9-10,13H,1-6,8H2,(H,14,15). The first-order valence-corrected chi connectivity index (χ1v) is 7.69. The highest BCUT2D eigenvalue weighted by atomic mass is 32.2. The molecule has 0 atom stereocenters. The van der Waals surface area contributed by atoms with Crippen molar-refractivity contribution < 1.29 is 18.3 Å². The van der Waals surface area contributed by atoms with Crippen molar-refractivity contribution in [1.29, 1.82) is 5.26 Å². The van der Waals surface area contributed by atoms with Crippen molar-refractivity contribution in [3.63, 3.8) is 0 Å². The van der Waals surface area contributed by atoms with Gasteiger partial charge in [0.2, 0.25) is 10.0 Å². The molecule has 0 heterocycles. The molecule has 102 valence electrons. The molecule has 1 aliphatic rings. The number of carbonyl (C=O) groups is 1. The van der Waals surface area contributed by atoms with Crippen molar-refractivity contribution in [3.05, 3.63) is 0 Å². The van der Waals surface area contributed by atoms with Crippen LogP contribution in [0, 0.1) is 17.2 Å². The van der Waals surface area contributed by atoms with Crippen LogP contribution in [0.3, 0.4) is 0 Å². The number of unbranched alkanes of at least 4 members (excludes halogenated alkanes) is 1. The molecule has 1 saturated carbocycles. The highest BCUT2D eigenvalue weighted by Crippen LogP contribution is 2.24. The molecule has 0 unspecified atom stereocenters. The summed E-state index contributed by atoms with van der Waals surface area (Å²) in [7, 11) is -3.34. The van der Waals surface area contributed by atoms with Crippen LogP contribution in [0.2, 0.25) is 0 Å². The molecule has 0 bridgehead atoms. The number of hydrogen-bond acceptors (Lipinski definition) is 4. The highest BCUT2D eigenvalue weighted by Gasteiger charge is 2.27. The SMILES string of the molecule is N#CCCCS(=O)(=O)NC1CCC(C(=O)O)CC1. The van der Waals surface area contributed by atoms with E-state index in [0.717, 1.165) is 0 Å². The van der Waals surface area contributed by atoms with E-state index in [4.69, 9.17) is 10.4 Å². The van der Waals surface area contributed by atoms with E-state index in [-0.39, 0.29) is 24.1 Å². The van der Waals surface area contributed by atoms with Crippen LogP contribution in [0.25, 0.3) is 0 Å². The van der Waals surface area contributed by atoms with Crippen LogP contribution in [0.4, 0.5) is 0 Å². The Labute approximate surface area is 107 Å². The van der Waals surface area contributed by atoms with Crippen molar-refractivity contribution >= 4 is 16.0 Å². The highest BCUT2D eigenvalue weighted by molar-refractivity contribution is 7.89. The molecule has 0 amide bonds. The third-order valence-corrected chi connectivity index (χ3v) is 4.64. The zero-order valence-electron chi connectivity index (χ0n) is 10.1. The van der Waals surface area contributed by atoms with E-state index in [0.29, 0.717) is 32.1 Å². The van der Waals surface area contributed by atoms with Gasteiger partial charge in [0.25, 0.3) is 0 Å². The molecule has 0 radical (unpaired) electrons. The van der Waals surface area contributed by atoms with Crippen molar-refractivity contribution in [2.24, 2.45) is 5.92 Å². The normalized spacial score (nSPS) is 24.4. The Morgan fingerprint density at radius 1 is 1.33 bits per heavy atom. The maximum absolute atomic E-state index is 11.7. The largest absolute Gasteiger partial charge is 0.481 e. The fourth-order valence-corrected chi connectivity index (χ4v) is 3.50. The molecular formula is C11H18N2O4S. The van der Waals surface area contributed by atoms with Crippen molar-refractivity contribution in [2.75, 3.05) is 5.75 Å². The molecule has 0 aromatic heterocycles. The maximum atomic E-state index is 11.7. The molecule has 1 fully saturated rings. The predicted molar refractivity (Wildman–Crippen MR) is 65.2 cm³/mol. The third kappa shape index (κ3) is 5.02. The molecular weight excluding hydrogens is 256 g/mol. The third-order valence-electron chi connectivity index (χ3n) is 3.12. The Kier molecular flexibility index (Phi) is 5.56. The number of carboxylic acid groups (broad SMARTS) is 1. The van der Waals surface area contributed by atoms with Gasteiger partial charge in [-0.1, -0.05) is 0 Å². The van der Waals surface area contributed by atoms with Gasteiger partial charge in [0.1, 0.15) is 0 Å². The molecule has 0 aliphatic heterocycles. The fourth-order valence-electron chi connectivity index (χ4n) is 2.11. The number of rotatable bonds is 6. The summed E-state index contributed by atoms with van der Waals surface area (Å²) in [5, 5.41) is 17.2. The summed E-state index contributed by atoms with van der Waals surface area (Å²) in [6, 6.07) is 1.75. The summed E-state index contributed by atoms with van der Waals surface area (Å²) in [6.07, 6.45) is 2.72. The molecule has 0 saturated heterocycles. The monoisotopic (exact) mass is 274 g/mol. The number of aliphatic carboxylic acids is 1. The van der Waals surface area contributed by atoms with Gasteiger partial charge >= 0.3 is 5.97 Å². The first-order valence-electron chi connectivity index (χ1n) is 6.04. The lowest BCUT2D eigenvalue weighted by Crippen LogP contribution is -2.39. The van der Waals surface area contributed by atoms with Crippen LogP contribution in [0.5, 0.6) is 0 Å². The molecule has 1 aliphatic carbocycles. The molecule has 7 heteroatoms. The summed E-state index contributed by atoms with van der Waals surface area (Å²) in [5.41, 5.74) is 0. The molecule has 0 aromatic carbocycles. The lowest BCUT2D eigenvalue weighted by molar-refractivity contribution is -0.142. The Balaban J connectivity index is 2.36. The van der Waals surface area contributed by atoms with Gasteiger partial charge in [-0.25, -0.2) is 13.1 Å². The fraction of sp³-hybridized carbons (Fsp3) is 0.818. The van der Waals surface area contributed by atoms with E-state index >= 15 is 0 Å². The van der Waals surface area contributed by atoms with E-state index in [1.165, 1.54) is 0 Å². The van der Waals surface area contributed by atoms with Gasteiger partial charge in [0, 0.05) is 12.5 Å². The smallest absolute Gasteiger partial charge is 0.306 e. The van der Waals surface area contributed by atoms with Gasteiger partial charge in [0.15, 0.2) is 0 Å². The first kappa shape index (κ1) is 14.9. The minimum atomic E-state index is -3.34. The molecule has 18 heavy (non-hydrogen) atoms. The molecule has 0 spiro atoms. The van der Waals surface area contributed by atoms with Gasteiger partial charge in [-0.05, 0) is 32.1 Å². The second-order valence-electron chi connectivity index (χ2n) is 4.59. The first-order chi connectivity index (χ1) is 8.44. The Morgan fingerprint density at radius 2 is 1.94 bits per heavy atom. The van der Waals surface area contributed by atoms with Crippen LogP contribution in [-0.4, -0.2) is 31.3 Å². The quantitative estimate of drug-likeness (QED) is 0.698. The number of nitrogens with zero attached hydrogens (tertiary/aromatic N) is 1. The van der Waals surface area contributed by atoms with E-state index in [9.17, 15) is 13.2 Å². The summed E-state index contributed by atoms with van der Waals surface area (Å²) in [5.74, 6) is -1.19. The van der Waals surface area contributed by atoms with Crippen molar-refractivity contribution in [1.82, 2.24) is 4.72 Å². The Morgan fingerprint density at radius 3 is 2.44 bits per heavy atom. The van der Waals surface area contributed by atoms with Crippen molar-refractivity contribution in [3.8, 4) is 6.07 Å². The molecule has 6 nitrogen and oxygen atoms in total. The second kappa shape index (κ2) is 6.71. The topological polar surface area (TPSA) is 107 Å². The second-order valence-corrected chi connectivity index (χ2v) is 6.46. The van der Waals surface area contributed by atoms with E-state index in [1.54, 1.807) is 0 Å². The van der Waals surface area contributed by atoms with E-state index in [1.807, 2.05) is 6.07 Å². The number of carboxylic acids is 1. The van der Waals surface area contributed by atoms with Gasteiger partial charge < -0.3 is 5.11 Å². The van der Waals surface area contributed by atoms with Crippen LogP contribution in [0.15, 0.2) is 0 Å². The zero-order valence-corrected chi connectivity index (χ0v) is 10.9. The zero-order chi connectivity index (χ0) is 13.6. The van der Waals surface area contributed by atoms with Gasteiger partial charge in [0.05, 0.1) is 17.7 Å². The van der Waals surface area contributed by atoms with Crippen LogP contribution >= 0.6 is 0 Å². The number of hydrogen-bond donors (Lipinski definition) is 2. The van der Waals surface area contributed by atoms with Crippen LogP contribution in [0.1, 0.15) is 38.5 Å². The summed E-state index contributed by atoms with van der Waals surface area (Å²) in [6.45, 7) is 0. The van der Waals surface area contributed by atoms with E-state index in [2.05, 4.69) is 4.72 Å². The summed E-state index contributed by atoms with van der Waals surface area (Å²) >= 11 is 0. The van der Waals surface area contributed by atoms with Crippen LogP contribution < -0.4 is 4.72 Å². The van der Waals surface area contributed by atoms with Gasteiger partial charge in [-0.2, -0.15) is 5.26 Å². The van der Waals surface area contributed by atoms with Gasteiger partial charge in [-0.15, -0.1) is 0 Å². The summed E-state index contributed by atoms with van der Waals surface area (Å²) in [4.78, 5) is 10.8. The molecule has 1 rings (SSSR count). The lowest BCUT2D eigenvalue weighted by Gasteiger charge is -2.26. The number of nitriles is 1. The maximum Gasteiger partial charge on any atom is 0.306 e. The minimum absolute atomic E-state index is 0.0422. The Bertz CT molecular complexity index is 419. The van der Waals surface area contributed by atoms with Gasteiger partial charge in [-0.3, -0.25) is 4.79 Å². The average Bonchev–Trinajstić information content (AvgIpc) is 2.29.